The third-order valence-corrected chi connectivity index (χ3v) is 3.07. The van der Waals surface area contributed by atoms with Crippen molar-refractivity contribution in [3.8, 4) is 5.75 Å². The first-order valence-corrected chi connectivity index (χ1v) is 5.73. The molecule has 0 radical (unpaired) electrons. The van der Waals surface area contributed by atoms with Crippen LogP contribution in [0.1, 0.15) is 12.5 Å². The second-order valence-corrected chi connectivity index (χ2v) is 4.19. The zero-order valence-electron chi connectivity index (χ0n) is 9.40. The van der Waals surface area contributed by atoms with Crippen molar-refractivity contribution < 1.29 is 14.2 Å². The van der Waals surface area contributed by atoms with Gasteiger partial charge in [-0.2, -0.15) is 0 Å². The Bertz CT molecular complexity index is 352. The molecule has 1 saturated heterocycles. The van der Waals surface area contributed by atoms with Crippen LogP contribution in [0, 0.1) is 0 Å². The molecule has 2 unspecified atom stereocenters. The smallest absolute Gasteiger partial charge is 0.192 e. The highest BCUT2D eigenvalue weighted by Gasteiger charge is 2.38. The lowest BCUT2D eigenvalue weighted by Gasteiger charge is -2.23. The van der Waals surface area contributed by atoms with Crippen LogP contribution in [0.3, 0.4) is 0 Å². The van der Waals surface area contributed by atoms with Crippen LogP contribution in [0.15, 0.2) is 24.3 Å². The average molecular weight is 243 g/mol. The van der Waals surface area contributed by atoms with E-state index in [-0.39, 0.29) is 6.10 Å². The predicted molar refractivity (Wildman–Crippen MR) is 61.9 cm³/mol. The predicted octanol–water partition coefficient (Wildman–Crippen LogP) is 2.52. The molecule has 0 N–H and O–H groups in total. The van der Waals surface area contributed by atoms with Gasteiger partial charge in [-0.1, -0.05) is 0 Å². The Kier molecular flexibility index (Phi) is 3.38. The SMILES string of the molecule is COc1ccc(C2(C)OCC(CCl)O2)cc1. The molecule has 0 saturated carbocycles. The maximum atomic E-state index is 5.76. The van der Waals surface area contributed by atoms with Gasteiger partial charge in [0.15, 0.2) is 5.79 Å². The summed E-state index contributed by atoms with van der Waals surface area (Å²) in [6.45, 7) is 2.44. The first kappa shape index (κ1) is 11.7. The minimum absolute atomic E-state index is 0.0335. The van der Waals surface area contributed by atoms with Gasteiger partial charge in [0.05, 0.1) is 25.7 Å². The summed E-state index contributed by atoms with van der Waals surface area (Å²) in [7, 11) is 1.64. The molecule has 4 heteroatoms. The summed E-state index contributed by atoms with van der Waals surface area (Å²) in [5.41, 5.74) is 0.973. The summed E-state index contributed by atoms with van der Waals surface area (Å²) in [5.74, 6) is 0.580. The van der Waals surface area contributed by atoms with Crippen molar-refractivity contribution in [3.05, 3.63) is 29.8 Å². The molecular weight excluding hydrogens is 228 g/mol. The largest absolute Gasteiger partial charge is 0.497 e. The van der Waals surface area contributed by atoms with E-state index in [1.54, 1.807) is 7.11 Å². The van der Waals surface area contributed by atoms with Gasteiger partial charge in [0.1, 0.15) is 5.75 Å². The molecule has 88 valence electrons. The van der Waals surface area contributed by atoms with Gasteiger partial charge in [-0.15, -0.1) is 11.6 Å². The highest BCUT2D eigenvalue weighted by molar-refractivity contribution is 6.18. The van der Waals surface area contributed by atoms with E-state index in [2.05, 4.69) is 0 Å². The Hall–Kier alpha value is -0.770. The first-order valence-electron chi connectivity index (χ1n) is 5.20. The van der Waals surface area contributed by atoms with Crippen molar-refractivity contribution in [2.24, 2.45) is 0 Å². The molecule has 1 heterocycles. The van der Waals surface area contributed by atoms with Gasteiger partial charge >= 0.3 is 0 Å². The zero-order valence-corrected chi connectivity index (χ0v) is 10.2. The summed E-state index contributed by atoms with van der Waals surface area (Å²) in [6, 6.07) is 7.66. The molecule has 2 atom stereocenters. The number of methoxy groups -OCH3 is 1. The Labute approximate surface area is 100 Å². The van der Waals surface area contributed by atoms with Crippen molar-refractivity contribution in [2.45, 2.75) is 18.8 Å². The highest BCUT2D eigenvalue weighted by Crippen LogP contribution is 2.34. The molecule has 1 aromatic rings. The fourth-order valence-electron chi connectivity index (χ4n) is 1.76. The normalized spacial score (nSPS) is 29.3. The van der Waals surface area contributed by atoms with Crippen LogP contribution in [0.5, 0.6) is 5.75 Å². The summed E-state index contributed by atoms with van der Waals surface area (Å²) >= 11 is 5.75. The number of hydrogen-bond acceptors (Lipinski definition) is 3. The quantitative estimate of drug-likeness (QED) is 0.763. The summed E-state index contributed by atoms with van der Waals surface area (Å²) in [6.07, 6.45) is -0.0335. The van der Waals surface area contributed by atoms with E-state index < -0.39 is 5.79 Å². The van der Waals surface area contributed by atoms with Crippen molar-refractivity contribution in [1.82, 2.24) is 0 Å². The van der Waals surface area contributed by atoms with E-state index in [4.69, 9.17) is 25.8 Å². The third kappa shape index (κ3) is 2.17. The summed E-state index contributed by atoms with van der Waals surface area (Å²) in [4.78, 5) is 0. The molecule has 0 aliphatic carbocycles. The van der Waals surface area contributed by atoms with Crippen molar-refractivity contribution >= 4 is 11.6 Å². The maximum absolute atomic E-state index is 5.76. The number of benzene rings is 1. The van der Waals surface area contributed by atoms with Crippen LogP contribution in [0.4, 0.5) is 0 Å². The summed E-state index contributed by atoms with van der Waals surface area (Å²) in [5, 5.41) is 0. The fraction of sp³-hybridized carbons (Fsp3) is 0.500. The van der Waals surface area contributed by atoms with Crippen LogP contribution < -0.4 is 4.74 Å². The fourth-order valence-corrected chi connectivity index (χ4v) is 1.91. The van der Waals surface area contributed by atoms with Gasteiger partial charge in [-0.3, -0.25) is 0 Å². The van der Waals surface area contributed by atoms with E-state index in [9.17, 15) is 0 Å². The lowest BCUT2D eigenvalue weighted by atomic mass is 10.1. The second-order valence-electron chi connectivity index (χ2n) is 3.88. The standard InChI is InChI=1S/C12H15ClO3/c1-12(15-8-11(7-13)16-12)9-3-5-10(14-2)6-4-9/h3-6,11H,7-8H2,1-2H3. The van der Waals surface area contributed by atoms with Crippen LogP contribution >= 0.6 is 11.6 Å². The van der Waals surface area contributed by atoms with Crippen molar-refractivity contribution in [1.29, 1.82) is 0 Å². The molecule has 3 nitrogen and oxygen atoms in total. The number of ether oxygens (including phenoxy) is 3. The Morgan fingerprint density at radius 2 is 2.12 bits per heavy atom. The molecule has 1 aliphatic heterocycles. The van der Waals surface area contributed by atoms with E-state index >= 15 is 0 Å². The van der Waals surface area contributed by atoms with Gasteiger partial charge in [-0.05, 0) is 31.2 Å². The van der Waals surface area contributed by atoms with Gasteiger partial charge in [-0.25, -0.2) is 0 Å². The molecule has 0 bridgehead atoms. The Balaban J connectivity index is 2.17. The van der Waals surface area contributed by atoms with Crippen LogP contribution in [-0.2, 0) is 15.3 Å². The van der Waals surface area contributed by atoms with Gasteiger partial charge in [0.25, 0.3) is 0 Å². The minimum atomic E-state index is -0.689. The topological polar surface area (TPSA) is 27.7 Å². The average Bonchev–Trinajstić information content (AvgIpc) is 2.73. The number of alkyl halides is 1. The molecule has 0 aromatic heterocycles. The Morgan fingerprint density at radius 3 is 2.62 bits per heavy atom. The molecule has 1 aromatic carbocycles. The van der Waals surface area contributed by atoms with Crippen molar-refractivity contribution in [3.63, 3.8) is 0 Å². The van der Waals surface area contributed by atoms with E-state index in [0.29, 0.717) is 12.5 Å². The molecule has 16 heavy (non-hydrogen) atoms. The van der Waals surface area contributed by atoms with Gasteiger partial charge in [0, 0.05) is 5.56 Å². The summed E-state index contributed by atoms with van der Waals surface area (Å²) < 4.78 is 16.5. The molecule has 1 fully saturated rings. The van der Waals surface area contributed by atoms with Crippen LogP contribution in [0.2, 0.25) is 0 Å². The molecule has 1 aliphatic rings. The molecule has 0 amide bonds. The number of halogens is 1. The molecular formula is C12H15ClO3. The monoisotopic (exact) mass is 242 g/mol. The van der Waals surface area contributed by atoms with Crippen LogP contribution in [-0.4, -0.2) is 25.7 Å². The molecule has 0 spiro atoms. The number of hydrogen-bond donors (Lipinski definition) is 0. The minimum Gasteiger partial charge on any atom is -0.497 e. The first-order chi connectivity index (χ1) is 7.68. The van der Waals surface area contributed by atoms with E-state index in [0.717, 1.165) is 11.3 Å². The number of rotatable bonds is 3. The maximum Gasteiger partial charge on any atom is 0.192 e. The molecule has 2 rings (SSSR count). The highest BCUT2D eigenvalue weighted by atomic mass is 35.5. The van der Waals surface area contributed by atoms with E-state index in [1.807, 2.05) is 31.2 Å². The van der Waals surface area contributed by atoms with Gasteiger partial charge < -0.3 is 14.2 Å². The van der Waals surface area contributed by atoms with Crippen molar-refractivity contribution in [2.75, 3.05) is 19.6 Å². The zero-order chi connectivity index (χ0) is 11.6. The lowest BCUT2D eigenvalue weighted by molar-refractivity contribution is -0.159. The second kappa shape index (κ2) is 4.62. The van der Waals surface area contributed by atoms with E-state index in [1.165, 1.54) is 0 Å². The Morgan fingerprint density at radius 1 is 1.44 bits per heavy atom. The van der Waals surface area contributed by atoms with Gasteiger partial charge in [0.2, 0.25) is 0 Å². The third-order valence-electron chi connectivity index (χ3n) is 2.72. The lowest BCUT2D eigenvalue weighted by Crippen LogP contribution is -2.24. The van der Waals surface area contributed by atoms with Crippen LogP contribution in [0.25, 0.3) is 0 Å².